The van der Waals surface area contributed by atoms with E-state index in [1.54, 1.807) is 0 Å². The predicted molar refractivity (Wildman–Crippen MR) is 58.1 cm³/mol. The fourth-order valence-corrected chi connectivity index (χ4v) is 1.21. The second kappa shape index (κ2) is 4.46. The van der Waals surface area contributed by atoms with Crippen LogP contribution in [0.3, 0.4) is 0 Å². The van der Waals surface area contributed by atoms with Crippen LogP contribution in [0.4, 0.5) is 0 Å². The highest BCUT2D eigenvalue weighted by atomic mass is 79.9. The molecule has 0 aliphatic rings. The maximum atomic E-state index is 3.41. The van der Waals surface area contributed by atoms with Gasteiger partial charge in [-0.05, 0) is 31.0 Å². The Morgan fingerprint density at radius 1 is 1.33 bits per heavy atom. The molecule has 1 heteroatoms. The Morgan fingerprint density at radius 3 is 2.42 bits per heavy atom. The van der Waals surface area contributed by atoms with Gasteiger partial charge in [0.2, 0.25) is 0 Å². The normalized spacial score (nSPS) is 11.8. The van der Waals surface area contributed by atoms with Crippen LogP contribution in [-0.4, -0.2) is 0 Å². The zero-order valence-corrected chi connectivity index (χ0v) is 9.06. The van der Waals surface area contributed by atoms with Crippen molar-refractivity contribution in [2.24, 2.45) is 0 Å². The van der Waals surface area contributed by atoms with Crippen molar-refractivity contribution in [3.8, 4) is 0 Å². The van der Waals surface area contributed by atoms with Crippen LogP contribution >= 0.6 is 15.9 Å². The minimum atomic E-state index is 1.12. The van der Waals surface area contributed by atoms with Gasteiger partial charge in [0, 0.05) is 4.47 Å². The van der Waals surface area contributed by atoms with Crippen LogP contribution in [0.5, 0.6) is 0 Å². The third-order valence-electron chi connectivity index (χ3n) is 1.84. The standard InChI is InChI=1S/C11H13Br/c1-3-9(2)8-10-4-6-11(12)7-5-10/h4-8H,3H2,1-2H3. The van der Waals surface area contributed by atoms with Gasteiger partial charge in [0.15, 0.2) is 0 Å². The van der Waals surface area contributed by atoms with E-state index in [2.05, 4.69) is 60.1 Å². The molecule has 0 radical (unpaired) electrons. The lowest BCUT2D eigenvalue weighted by Crippen LogP contribution is -1.74. The van der Waals surface area contributed by atoms with Gasteiger partial charge < -0.3 is 0 Å². The average molecular weight is 225 g/mol. The molecule has 0 fully saturated rings. The van der Waals surface area contributed by atoms with Crippen molar-refractivity contribution in [1.82, 2.24) is 0 Å². The van der Waals surface area contributed by atoms with Crippen LogP contribution in [0.2, 0.25) is 0 Å². The molecular formula is C11H13Br. The fourth-order valence-electron chi connectivity index (χ4n) is 0.946. The third-order valence-corrected chi connectivity index (χ3v) is 2.37. The highest BCUT2D eigenvalue weighted by Crippen LogP contribution is 2.13. The van der Waals surface area contributed by atoms with Gasteiger partial charge in [0.05, 0.1) is 0 Å². The number of hydrogen-bond donors (Lipinski definition) is 0. The first-order valence-electron chi connectivity index (χ1n) is 4.15. The average Bonchev–Trinajstić information content (AvgIpc) is 2.09. The summed E-state index contributed by atoms with van der Waals surface area (Å²) in [5.74, 6) is 0. The van der Waals surface area contributed by atoms with E-state index < -0.39 is 0 Å². The summed E-state index contributed by atoms with van der Waals surface area (Å²) in [6, 6.07) is 8.36. The number of rotatable bonds is 2. The maximum Gasteiger partial charge on any atom is 0.0175 e. The SMILES string of the molecule is CCC(C)=Cc1ccc(Br)cc1. The molecule has 0 bridgehead atoms. The molecule has 0 aliphatic carbocycles. The topological polar surface area (TPSA) is 0 Å². The molecule has 1 aromatic rings. The highest BCUT2D eigenvalue weighted by molar-refractivity contribution is 9.10. The van der Waals surface area contributed by atoms with Crippen molar-refractivity contribution in [3.05, 3.63) is 39.9 Å². The van der Waals surface area contributed by atoms with Crippen LogP contribution < -0.4 is 0 Å². The van der Waals surface area contributed by atoms with Crippen LogP contribution in [0.25, 0.3) is 6.08 Å². The smallest absolute Gasteiger partial charge is 0.0175 e. The summed E-state index contributed by atoms with van der Waals surface area (Å²) in [6.45, 7) is 4.33. The van der Waals surface area contributed by atoms with Crippen molar-refractivity contribution >= 4 is 22.0 Å². The molecule has 0 saturated carbocycles. The van der Waals surface area contributed by atoms with E-state index in [4.69, 9.17) is 0 Å². The quantitative estimate of drug-likeness (QED) is 0.705. The molecule has 1 aromatic carbocycles. The summed E-state index contributed by atoms with van der Waals surface area (Å²) in [6.07, 6.45) is 3.34. The first kappa shape index (κ1) is 9.53. The Kier molecular flexibility index (Phi) is 3.54. The first-order valence-corrected chi connectivity index (χ1v) is 4.94. The van der Waals surface area contributed by atoms with Gasteiger partial charge in [-0.25, -0.2) is 0 Å². The van der Waals surface area contributed by atoms with Gasteiger partial charge in [-0.1, -0.05) is 46.6 Å². The van der Waals surface area contributed by atoms with Crippen molar-refractivity contribution < 1.29 is 0 Å². The first-order chi connectivity index (χ1) is 5.72. The van der Waals surface area contributed by atoms with E-state index in [1.165, 1.54) is 11.1 Å². The van der Waals surface area contributed by atoms with Gasteiger partial charge >= 0.3 is 0 Å². The van der Waals surface area contributed by atoms with Crippen LogP contribution in [0, 0.1) is 0 Å². The van der Waals surface area contributed by atoms with E-state index in [-0.39, 0.29) is 0 Å². The summed E-state index contributed by atoms with van der Waals surface area (Å²) in [7, 11) is 0. The lowest BCUT2D eigenvalue weighted by molar-refractivity contribution is 1.11. The zero-order valence-electron chi connectivity index (χ0n) is 7.47. The summed E-state index contributed by atoms with van der Waals surface area (Å²) >= 11 is 3.41. The molecule has 0 nitrogen and oxygen atoms in total. The molecule has 12 heavy (non-hydrogen) atoms. The van der Waals surface area contributed by atoms with Gasteiger partial charge in [-0.15, -0.1) is 0 Å². The number of benzene rings is 1. The maximum absolute atomic E-state index is 3.41. The molecule has 0 spiro atoms. The van der Waals surface area contributed by atoms with Crippen LogP contribution in [0.15, 0.2) is 34.3 Å². The lowest BCUT2D eigenvalue weighted by Gasteiger charge is -1.96. The molecule has 0 N–H and O–H groups in total. The van der Waals surface area contributed by atoms with Crippen LogP contribution in [-0.2, 0) is 0 Å². The molecule has 0 aromatic heterocycles. The van der Waals surface area contributed by atoms with Crippen molar-refractivity contribution in [1.29, 1.82) is 0 Å². The fraction of sp³-hybridized carbons (Fsp3) is 0.273. The molecule has 64 valence electrons. The summed E-state index contributed by atoms with van der Waals surface area (Å²) in [5.41, 5.74) is 2.69. The Labute approximate surface area is 82.4 Å². The van der Waals surface area contributed by atoms with E-state index in [0.717, 1.165) is 10.9 Å². The molecule has 0 heterocycles. The van der Waals surface area contributed by atoms with Gasteiger partial charge in [-0.3, -0.25) is 0 Å². The second-order valence-electron chi connectivity index (χ2n) is 2.90. The lowest BCUT2D eigenvalue weighted by atomic mass is 10.1. The van der Waals surface area contributed by atoms with Crippen molar-refractivity contribution in [3.63, 3.8) is 0 Å². The molecule has 1 rings (SSSR count). The number of halogens is 1. The van der Waals surface area contributed by atoms with Gasteiger partial charge in [-0.2, -0.15) is 0 Å². The van der Waals surface area contributed by atoms with Crippen molar-refractivity contribution in [2.75, 3.05) is 0 Å². The third kappa shape index (κ3) is 2.82. The van der Waals surface area contributed by atoms with E-state index in [0.29, 0.717) is 0 Å². The Hall–Kier alpha value is -0.560. The molecule has 0 saturated heterocycles. The Balaban J connectivity index is 2.84. The zero-order chi connectivity index (χ0) is 8.97. The summed E-state index contributed by atoms with van der Waals surface area (Å²) in [4.78, 5) is 0. The Morgan fingerprint density at radius 2 is 1.92 bits per heavy atom. The van der Waals surface area contributed by atoms with Crippen molar-refractivity contribution in [2.45, 2.75) is 20.3 Å². The number of allylic oxidation sites excluding steroid dienone is 1. The number of hydrogen-bond acceptors (Lipinski definition) is 0. The predicted octanol–water partition coefficient (Wildman–Crippen LogP) is 4.26. The summed E-state index contributed by atoms with van der Waals surface area (Å²) < 4.78 is 1.13. The highest BCUT2D eigenvalue weighted by Gasteiger charge is 1.89. The minimum absolute atomic E-state index is 1.12. The van der Waals surface area contributed by atoms with E-state index >= 15 is 0 Å². The van der Waals surface area contributed by atoms with Crippen LogP contribution in [0.1, 0.15) is 25.8 Å². The van der Waals surface area contributed by atoms with E-state index in [1.807, 2.05) is 0 Å². The summed E-state index contributed by atoms with van der Waals surface area (Å²) in [5, 5.41) is 0. The van der Waals surface area contributed by atoms with Gasteiger partial charge in [0.25, 0.3) is 0 Å². The molecule has 0 aliphatic heterocycles. The second-order valence-corrected chi connectivity index (χ2v) is 3.81. The van der Waals surface area contributed by atoms with Gasteiger partial charge in [0.1, 0.15) is 0 Å². The minimum Gasteiger partial charge on any atom is -0.0730 e. The molecule has 0 unspecified atom stereocenters. The Bertz CT molecular complexity index is 270. The largest absolute Gasteiger partial charge is 0.0730 e. The monoisotopic (exact) mass is 224 g/mol. The molecular weight excluding hydrogens is 212 g/mol. The molecule has 0 amide bonds. The van der Waals surface area contributed by atoms with E-state index in [9.17, 15) is 0 Å². The molecule has 0 atom stereocenters.